The lowest BCUT2D eigenvalue weighted by Crippen LogP contribution is -2.27. The molecule has 1 amide bonds. The van der Waals surface area contributed by atoms with Crippen LogP contribution < -0.4 is 10.1 Å². The molecule has 0 spiro atoms. The van der Waals surface area contributed by atoms with E-state index < -0.39 is 6.55 Å². The number of rotatable bonds is 9. The molecule has 0 saturated carbocycles. The third-order valence-corrected chi connectivity index (χ3v) is 5.92. The van der Waals surface area contributed by atoms with Crippen molar-refractivity contribution in [1.82, 2.24) is 25.0 Å². The number of hydrogen-bond acceptors (Lipinski definition) is 5. The van der Waals surface area contributed by atoms with Gasteiger partial charge in [-0.05, 0) is 63.3 Å². The van der Waals surface area contributed by atoms with Gasteiger partial charge in [-0.25, -0.2) is 9.67 Å². The molecule has 0 bridgehead atoms. The Hall–Kier alpha value is -3.85. The van der Waals surface area contributed by atoms with Crippen molar-refractivity contribution < 1.29 is 18.3 Å². The van der Waals surface area contributed by atoms with E-state index in [0.29, 0.717) is 39.4 Å². The minimum absolute atomic E-state index is 0.231. The lowest BCUT2D eigenvalue weighted by atomic mass is 9.99. The molecular weight excluding hydrogens is 464 g/mol. The second-order valence-corrected chi connectivity index (χ2v) is 8.92. The van der Waals surface area contributed by atoms with Crippen molar-refractivity contribution in [3.05, 3.63) is 77.6 Å². The van der Waals surface area contributed by atoms with Crippen molar-refractivity contribution in [2.45, 2.75) is 26.4 Å². The Balaban J connectivity index is 1.61. The summed E-state index contributed by atoms with van der Waals surface area (Å²) in [5.41, 5.74) is 3.86. The molecule has 2 aromatic heterocycles. The molecule has 2 aromatic carbocycles. The summed E-state index contributed by atoms with van der Waals surface area (Å²) in [6.07, 6.45) is 2.63. The number of carbonyl (C=O) groups excluding carboxylic acids is 1. The average molecular weight is 494 g/mol. The molecule has 1 atom stereocenters. The number of ether oxygens (including phenoxy) is 1. The molecule has 0 aliphatic heterocycles. The number of amides is 1. The summed E-state index contributed by atoms with van der Waals surface area (Å²) >= 11 is 0. The largest absolute Gasteiger partial charge is 0.492 e. The van der Waals surface area contributed by atoms with Crippen LogP contribution in [-0.4, -0.2) is 52.8 Å². The zero-order valence-corrected chi connectivity index (χ0v) is 20.7. The monoisotopic (exact) mass is 493 g/mol. The lowest BCUT2D eigenvalue weighted by Gasteiger charge is -2.19. The SMILES string of the molecule is Cc1ccc(OCCN(C)C)cc1C(=O)N[C@H](C)c1cc(-c2cnn(C(F)F)c2)nc2ccccc12. The van der Waals surface area contributed by atoms with Crippen molar-refractivity contribution in [3.8, 4) is 17.0 Å². The van der Waals surface area contributed by atoms with Crippen LogP contribution in [0, 0.1) is 6.92 Å². The molecule has 0 unspecified atom stereocenters. The van der Waals surface area contributed by atoms with E-state index in [0.717, 1.165) is 23.1 Å². The molecule has 36 heavy (non-hydrogen) atoms. The highest BCUT2D eigenvalue weighted by Crippen LogP contribution is 2.29. The van der Waals surface area contributed by atoms with Crippen molar-refractivity contribution >= 4 is 16.8 Å². The maximum atomic E-state index is 13.3. The molecular formula is C27H29F2N5O2. The maximum Gasteiger partial charge on any atom is 0.333 e. The van der Waals surface area contributed by atoms with Gasteiger partial charge in [0, 0.05) is 29.3 Å². The molecule has 0 fully saturated rings. The molecule has 0 aliphatic rings. The quantitative estimate of drug-likeness (QED) is 0.346. The van der Waals surface area contributed by atoms with Gasteiger partial charge < -0.3 is 15.0 Å². The van der Waals surface area contributed by atoms with Gasteiger partial charge in [-0.2, -0.15) is 13.9 Å². The fourth-order valence-electron chi connectivity index (χ4n) is 3.92. The molecule has 4 aromatic rings. The first kappa shape index (κ1) is 25.2. The zero-order valence-electron chi connectivity index (χ0n) is 20.7. The van der Waals surface area contributed by atoms with Gasteiger partial charge in [0.15, 0.2) is 0 Å². The van der Waals surface area contributed by atoms with E-state index >= 15 is 0 Å². The summed E-state index contributed by atoms with van der Waals surface area (Å²) < 4.78 is 32.5. The standard InChI is InChI=1S/C27H29F2N5O2/c1-17-9-10-20(36-12-11-33(3)4)13-22(17)26(35)31-18(2)23-14-25(19-15-30-34(16-19)27(28)29)32-24-8-6-5-7-21(23)24/h5-10,13-16,18,27H,11-12H2,1-4H3,(H,31,35)/t18-/m1/s1. The molecule has 7 nitrogen and oxygen atoms in total. The van der Waals surface area contributed by atoms with Crippen molar-refractivity contribution in [1.29, 1.82) is 0 Å². The summed E-state index contributed by atoms with van der Waals surface area (Å²) in [7, 11) is 3.94. The Morgan fingerprint density at radius 2 is 1.94 bits per heavy atom. The molecule has 188 valence electrons. The number of aryl methyl sites for hydroxylation is 1. The number of hydrogen-bond donors (Lipinski definition) is 1. The predicted octanol–water partition coefficient (Wildman–Crippen LogP) is 5.23. The van der Waals surface area contributed by atoms with Crippen molar-refractivity contribution in [2.75, 3.05) is 27.2 Å². The fourth-order valence-corrected chi connectivity index (χ4v) is 3.92. The highest BCUT2D eigenvalue weighted by atomic mass is 19.3. The minimum atomic E-state index is -2.73. The number of nitrogens with one attached hydrogen (secondary N) is 1. The number of carbonyl (C=O) groups is 1. The number of pyridine rings is 1. The normalized spacial score (nSPS) is 12.3. The van der Waals surface area contributed by atoms with E-state index in [1.807, 2.05) is 75.3 Å². The topological polar surface area (TPSA) is 72.3 Å². The number of benzene rings is 2. The molecule has 1 N–H and O–H groups in total. The average Bonchev–Trinajstić information content (AvgIpc) is 3.35. The van der Waals surface area contributed by atoms with E-state index in [-0.39, 0.29) is 11.9 Å². The summed E-state index contributed by atoms with van der Waals surface area (Å²) in [4.78, 5) is 19.9. The number of alkyl halides is 2. The first-order valence-corrected chi connectivity index (χ1v) is 11.6. The minimum Gasteiger partial charge on any atom is -0.492 e. The number of nitrogens with zero attached hydrogens (tertiary/aromatic N) is 4. The molecule has 2 heterocycles. The highest BCUT2D eigenvalue weighted by Gasteiger charge is 2.19. The second kappa shape index (κ2) is 10.8. The lowest BCUT2D eigenvalue weighted by molar-refractivity contribution is 0.0566. The Kier molecular flexibility index (Phi) is 7.59. The van der Waals surface area contributed by atoms with E-state index in [1.165, 1.54) is 12.4 Å². The number of likely N-dealkylation sites (N-methyl/N-ethyl adjacent to an activating group) is 1. The number of aromatic nitrogens is 3. The first-order valence-electron chi connectivity index (χ1n) is 11.6. The highest BCUT2D eigenvalue weighted by molar-refractivity contribution is 5.96. The van der Waals surface area contributed by atoms with Gasteiger partial charge in [0.25, 0.3) is 5.91 Å². The third-order valence-electron chi connectivity index (χ3n) is 5.92. The summed E-state index contributed by atoms with van der Waals surface area (Å²) in [5, 5.41) is 7.67. The molecule has 9 heteroatoms. The van der Waals surface area contributed by atoms with Crippen molar-refractivity contribution in [2.24, 2.45) is 0 Å². The Morgan fingerprint density at radius 1 is 1.17 bits per heavy atom. The van der Waals surface area contributed by atoms with Gasteiger partial charge in [-0.1, -0.05) is 24.3 Å². The van der Waals surface area contributed by atoms with E-state index in [2.05, 4.69) is 15.4 Å². The Morgan fingerprint density at radius 3 is 2.67 bits per heavy atom. The van der Waals surface area contributed by atoms with Gasteiger partial charge >= 0.3 is 6.55 Å². The molecule has 0 radical (unpaired) electrons. The van der Waals surface area contributed by atoms with Crippen LogP contribution in [0.5, 0.6) is 5.75 Å². The predicted molar refractivity (Wildman–Crippen MR) is 135 cm³/mol. The van der Waals surface area contributed by atoms with E-state index in [9.17, 15) is 13.6 Å². The van der Waals surface area contributed by atoms with Gasteiger partial charge in [0.05, 0.1) is 23.4 Å². The molecule has 4 rings (SSSR count). The maximum absolute atomic E-state index is 13.3. The van der Waals surface area contributed by atoms with Crippen LogP contribution in [0.4, 0.5) is 8.78 Å². The van der Waals surface area contributed by atoms with Gasteiger partial charge in [0.1, 0.15) is 12.4 Å². The van der Waals surface area contributed by atoms with Crippen molar-refractivity contribution in [3.63, 3.8) is 0 Å². The zero-order chi connectivity index (χ0) is 25.8. The summed E-state index contributed by atoms with van der Waals surface area (Å²) in [5.74, 6) is 0.402. The van der Waals surface area contributed by atoms with E-state index in [4.69, 9.17) is 4.74 Å². The van der Waals surface area contributed by atoms with Gasteiger partial charge in [0.2, 0.25) is 0 Å². The molecule has 0 saturated heterocycles. The van der Waals surface area contributed by atoms with Crippen LogP contribution >= 0.6 is 0 Å². The van der Waals surface area contributed by atoms with Crippen LogP contribution in [0.25, 0.3) is 22.2 Å². The van der Waals surface area contributed by atoms with E-state index in [1.54, 1.807) is 6.07 Å². The van der Waals surface area contributed by atoms with Gasteiger partial charge in [-0.3, -0.25) is 4.79 Å². The van der Waals surface area contributed by atoms with Crippen LogP contribution in [0.3, 0.4) is 0 Å². The number of fused-ring (bicyclic) bond motifs is 1. The fraction of sp³-hybridized carbons (Fsp3) is 0.296. The van der Waals surface area contributed by atoms with Gasteiger partial charge in [-0.15, -0.1) is 0 Å². The smallest absolute Gasteiger partial charge is 0.333 e. The Labute approximate surface area is 208 Å². The van der Waals surface area contributed by atoms with Crippen LogP contribution in [0.1, 0.15) is 41.0 Å². The third kappa shape index (κ3) is 5.68. The first-order chi connectivity index (χ1) is 17.2. The summed E-state index contributed by atoms with van der Waals surface area (Å²) in [6.45, 7) is 2.31. The van der Waals surface area contributed by atoms with Crippen LogP contribution in [0.2, 0.25) is 0 Å². The van der Waals surface area contributed by atoms with Crippen LogP contribution in [-0.2, 0) is 0 Å². The number of para-hydroxylation sites is 1. The summed E-state index contributed by atoms with van der Waals surface area (Å²) in [6, 6.07) is 14.4. The number of halogens is 2. The van der Waals surface area contributed by atoms with Crippen LogP contribution in [0.15, 0.2) is 60.9 Å². The Bertz CT molecular complexity index is 1370. The second-order valence-electron chi connectivity index (χ2n) is 8.92. The molecule has 0 aliphatic carbocycles.